The highest BCUT2D eigenvalue weighted by Gasteiger charge is 2.22. The fraction of sp³-hybridized carbons (Fsp3) is 0.300. The Labute approximate surface area is 150 Å². The van der Waals surface area contributed by atoms with Crippen molar-refractivity contribution in [1.29, 1.82) is 0 Å². The number of nitrogens with zero attached hydrogens (tertiary/aromatic N) is 1. The van der Waals surface area contributed by atoms with Gasteiger partial charge in [-0.05, 0) is 55.7 Å². The molecule has 0 atom stereocenters. The lowest BCUT2D eigenvalue weighted by Gasteiger charge is -2.09. The standard InChI is InChI=1S/C20H21FN2O3/c1-3-13-11-16-17(12(2)25)18(14-5-7-15(21)8-6-14)26-20(16)23-19(13)22-9-4-10-24/h5-8,11,24H,3-4,9-10H2,1-2H3,(H,22,23). The number of carbonyl (C=O) groups is 1. The molecule has 0 unspecified atom stereocenters. The van der Waals surface area contributed by atoms with Crippen LogP contribution in [0.4, 0.5) is 10.2 Å². The minimum absolute atomic E-state index is 0.0979. The molecule has 0 amide bonds. The Bertz CT molecular complexity index is 932. The van der Waals surface area contributed by atoms with Crippen molar-refractivity contribution in [3.63, 3.8) is 0 Å². The Morgan fingerprint density at radius 3 is 2.65 bits per heavy atom. The number of aromatic nitrogens is 1. The molecule has 0 spiro atoms. The quantitative estimate of drug-likeness (QED) is 0.490. The van der Waals surface area contributed by atoms with E-state index in [1.165, 1.54) is 19.1 Å². The predicted octanol–water partition coefficient (Wildman–Crippen LogP) is 4.19. The highest BCUT2D eigenvalue weighted by Crippen LogP contribution is 2.35. The highest BCUT2D eigenvalue weighted by atomic mass is 19.1. The van der Waals surface area contributed by atoms with E-state index in [4.69, 9.17) is 9.52 Å². The number of pyridine rings is 1. The van der Waals surface area contributed by atoms with Gasteiger partial charge in [0.05, 0.1) is 10.9 Å². The zero-order chi connectivity index (χ0) is 18.7. The molecule has 2 heterocycles. The second kappa shape index (κ2) is 7.66. The van der Waals surface area contributed by atoms with E-state index < -0.39 is 0 Å². The third kappa shape index (κ3) is 3.46. The summed E-state index contributed by atoms with van der Waals surface area (Å²) in [5, 5.41) is 12.8. The molecule has 0 saturated heterocycles. The van der Waals surface area contributed by atoms with Crippen LogP contribution in [0.2, 0.25) is 0 Å². The molecule has 0 fully saturated rings. The number of anilines is 1. The largest absolute Gasteiger partial charge is 0.437 e. The molecule has 2 N–H and O–H groups in total. The molecule has 136 valence electrons. The van der Waals surface area contributed by atoms with Gasteiger partial charge >= 0.3 is 0 Å². The number of hydrogen-bond acceptors (Lipinski definition) is 5. The van der Waals surface area contributed by atoms with E-state index in [9.17, 15) is 9.18 Å². The Balaban J connectivity index is 2.15. The van der Waals surface area contributed by atoms with Crippen LogP contribution in [0, 0.1) is 5.82 Å². The smallest absolute Gasteiger partial charge is 0.229 e. The molecule has 2 aromatic heterocycles. The summed E-state index contributed by atoms with van der Waals surface area (Å²) in [6.45, 7) is 4.18. The van der Waals surface area contributed by atoms with Crippen molar-refractivity contribution in [2.75, 3.05) is 18.5 Å². The van der Waals surface area contributed by atoms with Crippen LogP contribution in [0.3, 0.4) is 0 Å². The van der Waals surface area contributed by atoms with E-state index in [1.54, 1.807) is 12.1 Å². The van der Waals surface area contributed by atoms with Crippen LogP contribution in [0.15, 0.2) is 34.7 Å². The zero-order valence-corrected chi connectivity index (χ0v) is 14.8. The second-order valence-corrected chi connectivity index (χ2v) is 6.08. The number of Topliss-reactive ketones (excluding diaryl/α,β-unsaturated/α-hetero) is 1. The predicted molar refractivity (Wildman–Crippen MR) is 99.0 cm³/mol. The number of halogens is 1. The number of aliphatic hydroxyl groups is 1. The molecule has 0 aliphatic rings. The van der Waals surface area contributed by atoms with E-state index in [0.717, 1.165) is 12.0 Å². The van der Waals surface area contributed by atoms with Crippen LogP contribution in [-0.4, -0.2) is 29.0 Å². The lowest BCUT2D eigenvalue weighted by molar-refractivity contribution is 0.101. The summed E-state index contributed by atoms with van der Waals surface area (Å²) >= 11 is 0. The highest BCUT2D eigenvalue weighted by molar-refractivity contribution is 6.10. The van der Waals surface area contributed by atoms with Gasteiger partial charge in [0.15, 0.2) is 5.78 Å². The molecule has 6 heteroatoms. The first-order valence-corrected chi connectivity index (χ1v) is 8.63. The fourth-order valence-corrected chi connectivity index (χ4v) is 2.93. The van der Waals surface area contributed by atoms with Crippen molar-refractivity contribution in [3.05, 3.63) is 47.3 Å². The lowest BCUT2D eigenvalue weighted by Crippen LogP contribution is -2.07. The van der Waals surface area contributed by atoms with Gasteiger partial charge in [-0.3, -0.25) is 4.79 Å². The number of ketones is 1. The summed E-state index contributed by atoms with van der Waals surface area (Å²) in [7, 11) is 0. The van der Waals surface area contributed by atoms with Gasteiger partial charge in [0.25, 0.3) is 0 Å². The SMILES string of the molecule is CCc1cc2c(C(C)=O)c(-c3ccc(F)cc3)oc2nc1NCCCO. The monoisotopic (exact) mass is 356 g/mol. The van der Waals surface area contributed by atoms with E-state index in [1.807, 2.05) is 13.0 Å². The van der Waals surface area contributed by atoms with E-state index >= 15 is 0 Å². The first-order chi connectivity index (χ1) is 12.5. The maximum atomic E-state index is 13.2. The molecular weight excluding hydrogens is 335 g/mol. The van der Waals surface area contributed by atoms with Gasteiger partial charge in [-0.2, -0.15) is 4.98 Å². The van der Waals surface area contributed by atoms with E-state index in [2.05, 4.69) is 10.3 Å². The molecule has 0 bridgehead atoms. The Kier molecular flexibility index (Phi) is 5.32. The number of aryl methyl sites for hydroxylation is 1. The van der Waals surface area contributed by atoms with Crippen molar-refractivity contribution >= 4 is 22.7 Å². The van der Waals surface area contributed by atoms with Crippen LogP contribution in [0.25, 0.3) is 22.4 Å². The minimum Gasteiger partial charge on any atom is -0.437 e. The maximum Gasteiger partial charge on any atom is 0.229 e. The molecule has 1 aromatic carbocycles. The van der Waals surface area contributed by atoms with Crippen LogP contribution in [-0.2, 0) is 6.42 Å². The van der Waals surface area contributed by atoms with Crippen LogP contribution < -0.4 is 5.32 Å². The van der Waals surface area contributed by atoms with Gasteiger partial charge in [-0.1, -0.05) is 6.92 Å². The summed E-state index contributed by atoms with van der Waals surface area (Å²) in [4.78, 5) is 16.8. The third-order valence-corrected chi connectivity index (χ3v) is 4.23. The molecule has 3 aromatic rings. The lowest BCUT2D eigenvalue weighted by atomic mass is 10.0. The summed E-state index contributed by atoms with van der Waals surface area (Å²) in [6.07, 6.45) is 1.35. The fourth-order valence-electron chi connectivity index (χ4n) is 2.93. The molecular formula is C20H21FN2O3. The minimum atomic E-state index is -0.351. The topological polar surface area (TPSA) is 75.4 Å². The summed E-state index contributed by atoms with van der Waals surface area (Å²) in [5.74, 6) is 0.599. The van der Waals surface area contributed by atoms with Crippen molar-refractivity contribution < 1.29 is 18.7 Å². The molecule has 5 nitrogen and oxygen atoms in total. The van der Waals surface area contributed by atoms with Crippen molar-refractivity contribution in [2.24, 2.45) is 0 Å². The number of rotatable bonds is 7. The van der Waals surface area contributed by atoms with Gasteiger partial charge in [0.2, 0.25) is 5.71 Å². The second-order valence-electron chi connectivity index (χ2n) is 6.08. The molecule has 0 aliphatic carbocycles. The number of fused-ring (bicyclic) bond motifs is 1. The van der Waals surface area contributed by atoms with Gasteiger partial charge in [0, 0.05) is 18.7 Å². The average molecular weight is 356 g/mol. The third-order valence-electron chi connectivity index (χ3n) is 4.23. The van der Waals surface area contributed by atoms with Gasteiger partial charge < -0.3 is 14.8 Å². The molecule has 26 heavy (non-hydrogen) atoms. The van der Waals surface area contributed by atoms with Gasteiger partial charge in [0.1, 0.15) is 17.4 Å². The average Bonchev–Trinajstić information content (AvgIpc) is 3.00. The van der Waals surface area contributed by atoms with E-state index in [0.29, 0.717) is 46.8 Å². The molecule has 0 saturated carbocycles. The summed E-state index contributed by atoms with van der Waals surface area (Å²) < 4.78 is 19.1. The molecule has 0 aliphatic heterocycles. The number of furan rings is 1. The molecule has 0 radical (unpaired) electrons. The summed E-state index contributed by atoms with van der Waals surface area (Å²) in [5.41, 5.74) is 2.40. The van der Waals surface area contributed by atoms with Crippen molar-refractivity contribution in [1.82, 2.24) is 4.98 Å². The van der Waals surface area contributed by atoms with Crippen LogP contribution in [0.1, 0.15) is 36.2 Å². The first-order valence-electron chi connectivity index (χ1n) is 8.63. The van der Waals surface area contributed by atoms with Gasteiger partial charge in [-0.15, -0.1) is 0 Å². The maximum absolute atomic E-state index is 13.2. The normalized spacial score (nSPS) is 11.1. The Hall–Kier alpha value is -2.73. The Morgan fingerprint density at radius 2 is 2.04 bits per heavy atom. The van der Waals surface area contributed by atoms with Crippen LogP contribution in [0.5, 0.6) is 0 Å². The zero-order valence-electron chi connectivity index (χ0n) is 14.8. The van der Waals surface area contributed by atoms with E-state index in [-0.39, 0.29) is 18.2 Å². The number of nitrogens with one attached hydrogen (secondary N) is 1. The molecule has 3 rings (SSSR count). The van der Waals surface area contributed by atoms with Crippen LogP contribution >= 0.6 is 0 Å². The number of carbonyl (C=O) groups excluding carboxylic acids is 1. The van der Waals surface area contributed by atoms with Gasteiger partial charge in [-0.25, -0.2) is 4.39 Å². The first kappa shape index (κ1) is 18.1. The number of aliphatic hydroxyl groups excluding tert-OH is 1. The van der Waals surface area contributed by atoms with Crippen molar-refractivity contribution in [3.8, 4) is 11.3 Å². The number of benzene rings is 1. The summed E-state index contributed by atoms with van der Waals surface area (Å²) in [6, 6.07) is 7.75. The van der Waals surface area contributed by atoms with Crippen molar-refractivity contribution in [2.45, 2.75) is 26.7 Å². The number of hydrogen-bond donors (Lipinski definition) is 2. The Morgan fingerprint density at radius 1 is 1.31 bits per heavy atom.